The molecule has 1 aliphatic rings. The zero-order valence-electron chi connectivity index (χ0n) is 13.9. The minimum atomic E-state index is -0.172. The van der Waals surface area contributed by atoms with Crippen molar-refractivity contribution in [3.63, 3.8) is 0 Å². The molecule has 1 amide bonds. The van der Waals surface area contributed by atoms with Gasteiger partial charge in [-0.25, -0.2) is 0 Å². The number of carbonyl (C=O) groups is 1. The molecule has 0 spiro atoms. The molecule has 128 valence electrons. The summed E-state index contributed by atoms with van der Waals surface area (Å²) < 4.78 is 11.8. The maximum absolute atomic E-state index is 11.8. The quantitative estimate of drug-likeness (QED) is 0.634. The van der Waals surface area contributed by atoms with Crippen LogP contribution in [-0.2, 0) is 11.4 Å². The Labute approximate surface area is 156 Å². The monoisotopic (exact) mass is 371 g/mol. The first-order valence-corrected chi connectivity index (χ1v) is 8.89. The number of hydrogen-bond donors (Lipinski definition) is 1. The van der Waals surface area contributed by atoms with Crippen LogP contribution >= 0.6 is 24.0 Å². The normalized spacial score (nSPS) is 15.4. The highest BCUT2D eigenvalue weighted by atomic mass is 32.2. The second-order valence-electron chi connectivity index (χ2n) is 5.54. The molecule has 1 N–H and O–H groups in total. The van der Waals surface area contributed by atoms with Gasteiger partial charge >= 0.3 is 0 Å². The molecule has 3 rings (SSSR count). The number of thiocarbonyl (C=S) groups is 1. The Morgan fingerprint density at radius 3 is 2.72 bits per heavy atom. The highest BCUT2D eigenvalue weighted by molar-refractivity contribution is 8.26. The van der Waals surface area contributed by atoms with Crippen molar-refractivity contribution in [2.75, 3.05) is 7.11 Å². The van der Waals surface area contributed by atoms with E-state index in [0.717, 1.165) is 11.1 Å². The Kier molecular flexibility index (Phi) is 5.40. The number of rotatable bonds is 5. The number of carbonyl (C=O) groups excluding carboxylic acids is 1. The fourth-order valence-electron chi connectivity index (χ4n) is 2.43. The molecule has 6 heteroatoms. The minimum Gasteiger partial charge on any atom is -0.493 e. The Bertz CT molecular complexity index is 861. The fourth-order valence-corrected chi connectivity index (χ4v) is 3.47. The lowest BCUT2D eigenvalue weighted by atomic mass is 10.1. The number of methoxy groups -OCH3 is 1. The van der Waals surface area contributed by atoms with Gasteiger partial charge in [-0.2, -0.15) is 0 Å². The van der Waals surface area contributed by atoms with E-state index in [1.54, 1.807) is 13.2 Å². The zero-order chi connectivity index (χ0) is 17.8. The van der Waals surface area contributed by atoms with Crippen LogP contribution in [0.25, 0.3) is 6.08 Å². The Balaban J connectivity index is 1.77. The van der Waals surface area contributed by atoms with Gasteiger partial charge in [-0.05, 0) is 36.3 Å². The molecule has 0 aliphatic carbocycles. The molecule has 4 nitrogen and oxygen atoms in total. The summed E-state index contributed by atoms with van der Waals surface area (Å²) in [5, 5.41) is 2.60. The van der Waals surface area contributed by atoms with Crippen LogP contribution in [0.4, 0.5) is 0 Å². The molecule has 1 fully saturated rings. The Hall–Kier alpha value is -2.31. The summed E-state index contributed by atoms with van der Waals surface area (Å²) in [6, 6.07) is 13.7. The summed E-state index contributed by atoms with van der Waals surface area (Å²) in [6.45, 7) is 2.51. The van der Waals surface area contributed by atoms with Crippen LogP contribution in [0.2, 0.25) is 0 Å². The summed E-state index contributed by atoms with van der Waals surface area (Å²) in [7, 11) is 1.60. The molecule has 25 heavy (non-hydrogen) atoms. The molecule has 2 aromatic rings. The van der Waals surface area contributed by atoms with Crippen LogP contribution < -0.4 is 14.8 Å². The summed E-state index contributed by atoms with van der Waals surface area (Å²) in [5.74, 6) is 1.10. The molecule has 0 bridgehead atoms. The van der Waals surface area contributed by atoms with E-state index in [1.807, 2.05) is 30.3 Å². The van der Waals surface area contributed by atoms with Crippen LogP contribution in [0, 0.1) is 6.92 Å². The van der Waals surface area contributed by atoms with Gasteiger partial charge in [0.2, 0.25) is 0 Å². The zero-order valence-corrected chi connectivity index (χ0v) is 15.5. The first-order chi connectivity index (χ1) is 12.0. The van der Waals surface area contributed by atoms with E-state index in [-0.39, 0.29) is 5.91 Å². The summed E-state index contributed by atoms with van der Waals surface area (Å²) >= 11 is 6.25. The number of nitrogens with one attached hydrogen (secondary N) is 1. The molecule has 2 aromatic carbocycles. The van der Waals surface area contributed by atoms with Gasteiger partial charge in [0.1, 0.15) is 10.9 Å². The van der Waals surface area contributed by atoms with Gasteiger partial charge < -0.3 is 14.8 Å². The lowest BCUT2D eigenvalue weighted by Crippen LogP contribution is -2.17. The first-order valence-electron chi connectivity index (χ1n) is 7.66. The highest BCUT2D eigenvalue weighted by Gasteiger charge is 2.22. The van der Waals surface area contributed by atoms with Crippen LogP contribution in [0.15, 0.2) is 47.4 Å². The third-order valence-corrected chi connectivity index (χ3v) is 4.77. The molecule has 0 aromatic heterocycles. The van der Waals surface area contributed by atoms with Gasteiger partial charge in [-0.3, -0.25) is 4.79 Å². The van der Waals surface area contributed by atoms with Gasteiger partial charge in [-0.1, -0.05) is 59.9 Å². The average molecular weight is 371 g/mol. The van der Waals surface area contributed by atoms with Crippen molar-refractivity contribution >= 4 is 40.3 Å². The molecule has 0 unspecified atom stereocenters. The van der Waals surface area contributed by atoms with Gasteiger partial charge in [0, 0.05) is 0 Å². The Morgan fingerprint density at radius 1 is 1.20 bits per heavy atom. The van der Waals surface area contributed by atoms with E-state index in [2.05, 4.69) is 24.4 Å². The summed E-state index contributed by atoms with van der Waals surface area (Å²) in [6.07, 6.45) is 1.78. The van der Waals surface area contributed by atoms with Crippen molar-refractivity contribution in [1.29, 1.82) is 0 Å². The van der Waals surface area contributed by atoms with Crippen molar-refractivity contribution in [2.45, 2.75) is 13.5 Å². The standard InChI is InChI=1S/C19H17NO3S2/c1-12-4-3-5-14(8-12)11-23-15-7-6-13(9-16(15)22-2)10-17-18(21)20-19(24)25-17/h3-10H,11H2,1-2H3,(H,20,21,24)/b17-10-. The maximum Gasteiger partial charge on any atom is 0.263 e. The van der Waals surface area contributed by atoms with Crippen LogP contribution in [0.1, 0.15) is 16.7 Å². The third kappa shape index (κ3) is 4.41. The number of hydrogen-bond acceptors (Lipinski definition) is 5. The van der Waals surface area contributed by atoms with Crippen molar-refractivity contribution < 1.29 is 14.3 Å². The lowest BCUT2D eigenvalue weighted by molar-refractivity contribution is -0.115. The third-order valence-electron chi connectivity index (χ3n) is 3.60. The molecule has 1 heterocycles. The topological polar surface area (TPSA) is 47.6 Å². The lowest BCUT2D eigenvalue weighted by Gasteiger charge is -2.12. The van der Waals surface area contributed by atoms with Gasteiger partial charge in [0.05, 0.1) is 12.0 Å². The average Bonchev–Trinajstić information content (AvgIpc) is 2.91. The van der Waals surface area contributed by atoms with E-state index in [1.165, 1.54) is 17.3 Å². The van der Waals surface area contributed by atoms with E-state index in [4.69, 9.17) is 21.7 Å². The predicted molar refractivity (Wildman–Crippen MR) is 105 cm³/mol. The maximum atomic E-state index is 11.8. The van der Waals surface area contributed by atoms with Gasteiger partial charge in [-0.15, -0.1) is 0 Å². The van der Waals surface area contributed by atoms with Crippen LogP contribution in [-0.4, -0.2) is 17.3 Å². The van der Waals surface area contributed by atoms with E-state index >= 15 is 0 Å². The number of thioether (sulfide) groups is 1. The first kappa shape index (κ1) is 17.5. The van der Waals surface area contributed by atoms with E-state index in [0.29, 0.717) is 27.3 Å². The molecular weight excluding hydrogens is 354 g/mol. The number of amides is 1. The minimum absolute atomic E-state index is 0.172. The molecule has 0 saturated carbocycles. The number of benzene rings is 2. The van der Waals surface area contributed by atoms with Crippen LogP contribution in [0.3, 0.4) is 0 Å². The number of aryl methyl sites for hydroxylation is 1. The van der Waals surface area contributed by atoms with Crippen molar-refractivity contribution in [3.8, 4) is 11.5 Å². The van der Waals surface area contributed by atoms with E-state index < -0.39 is 0 Å². The van der Waals surface area contributed by atoms with Gasteiger partial charge in [0.25, 0.3) is 5.91 Å². The highest BCUT2D eigenvalue weighted by Crippen LogP contribution is 2.32. The summed E-state index contributed by atoms with van der Waals surface area (Å²) in [5.41, 5.74) is 3.14. The second kappa shape index (κ2) is 7.72. The molecule has 1 saturated heterocycles. The smallest absolute Gasteiger partial charge is 0.263 e. The van der Waals surface area contributed by atoms with Crippen LogP contribution in [0.5, 0.6) is 11.5 Å². The van der Waals surface area contributed by atoms with Crippen molar-refractivity contribution in [3.05, 3.63) is 64.1 Å². The molecule has 0 radical (unpaired) electrons. The molecule has 0 atom stereocenters. The van der Waals surface area contributed by atoms with Crippen molar-refractivity contribution in [1.82, 2.24) is 5.32 Å². The largest absolute Gasteiger partial charge is 0.493 e. The predicted octanol–water partition coefficient (Wildman–Crippen LogP) is 4.07. The fraction of sp³-hybridized carbons (Fsp3) is 0.158. The molecular formula is C19H17NO3S2. The van der Waals surface area contributed by atoms with Crippen molar-refractivity contribution in [2.24, 2.45) is 0 Å². The SMILES string of the molecule is COc1cc(/C=C2\SC(=S)NC2=O)ccc1OCc1cccc(C)c1. The van der Waals surface area contributed by atoms with E-state index in [9.17, 15) is 4.79 Å². The summed E-state index contributed by atoms with van der Waals surface area (Å²) in [4.78, 5) is 12.3. The molecule has 1 aliphatic heterocycles. The number of ether oxygens (including phenoxy) is 2. The van der Waals surface area contributed by atoms with Gasteiger partial charge in [0.15, 0.2) is 11.5 Å². The second-order valence-corrected chi connectivity index (χ2v) is 7.26. The Morgan fingerprint density at radius 2 is 2.04 bits per heavy atom.